The predicted octanol–water partition coefficient (Wildman–Crippen LogP) is 4.06. The Morgan fingerprint density at radius 2 is 2.14 bits per heavy atom. The fourth-order valence-electron chi connectivity index (χ4n) is 1.51. The van der Waals surface area contributed by atoms with Gasteiger partial charge < -0.3 is 5.73 Å². The molecule has 0 aliphatic carbocycles. The number of nitrogens with two attached hydrogens (primary N) is 1. The molecule has 3 heteroatoms. The monoisotopic (exact) mass is 233 g/mol. The molecule has 1 aromatic heterocycles. The van der Waals surface area contributed by atoms with Gasteiger partial charge in [-0.15, -0.1) is 23.7 Å². The first-order chi connectivity index (χ1) is 6.25. The minimum absolute atomic E-state index is 0. The van der Waals surface area contributed by atoms with E-state index >= 15 is 0 Å². The molecule has 0 radical (unpaired) electrons. The number of hydrogen-bond acceptors (Lipinski definition) is 2. The van der Waals surface area contributed by atoms with Crippen LogP contribution in [0.3, 0.4) is 0 Å². The zero-order chi connectivity index (χ0) is 9.68. The summed E-state index contributed by atoms with van der Waals surface area (Å²) in [5.41, 5.74) is 7.45. The summed E-state index contributed by atoms with van der Waals surface area (Å²) in [5, 5.41) is 2.13. The highest BCUT2D eigenvalue weighted by molar-refractivity contribution is 7.10. The topological polar surface area (TPSA) is 26.0 Å². The molecule has 1 nitrogen and oxygen atoms in total. The highest BCUT2D eigenvalue weighted by Crippen LogP contribution is 2.25. The summed E-state index contributed by atoms with van der Waals surface area (Å²) in [4.78, 5) is 1.37. The fourth-order valence-corrected chi connectivity index (χ4v) is 2.47. The van der Waals surface area contributed by atoms with Crippen LogP contribution in [0.4, 0.5) is 0 Å². The summed E-state index contributed by atoms with van der Waals surface area (Å²) in [6.45, 7) is 4.37. The zero-order valence-corrected chi connectivity index (χ0v) is 10.6. The molecule has 2 N–H and O–H groups in total. The molecule has 0 spiro atoms. The van der Waals surface area contributed by atoms with Crippen molar-refractivity contribution >= 4 is 23.7 Å². The van der Waals surface area contributed by atoms with Crippen LogP contribution in [-0.2, 0) is 0 Å². The molecule has 0 amide bonds. The van der Waals surface area contributed by atoms with Gasteiger partial charge in [0.2, 0.25) is 0 Å². The van der Waals surface area contributed by atoms with Crippen molar-refractivity contribution in [3.63, 3.8) is 0 Å². The third-order valence-corrected chi connectivity index (χ3v) is 3.51. The third kappa shape index (κ3) is 3.99. The molecule has 82 valence electrons. The molecule has 1 aromatic rings. The predicted molar refractivity (Wildman–Crippen MR) is 67.4 cm³/mol. The van der Waals surface area contributed by atoms with Gasteiger partial charge in [-0.1, -0.05) is 26.2 Å². The summed E-state index contributed by atoms with van der Waals surface area (Å²) in [6.07, 6.45) is 4.97. The van der Waals surface area contributed by atoms with Crippen LogP contribution in [0.2, 0.25) is 0 Å². The second-order valence-electron chi connectivity index (χ2n) is 3.57. The van der Waals surface area contributed by atoms with E-state index < -0.39 is 0 Å². The Hall–Kier alpha value is -0.0500. The van der Waals surface area contributed by atoms with Gasteiger partial charge >= 0.3 is 0 Å². The fraction of sp³-hybridized carbons (Fsp3) is 0.636. The van der Waals surface area contributed by atoms with E-state index in [1.165, 1.54) is 29.7 Å². The Bertz CT molecular complexity index is 247. The first kappa shape index (κ1) is 13.9. The van der Waals surface area contributed by atoms with E-state index in [0.29, 0.717) is 0 Å². The standard InChI is InChI=1S/C11H19NS.ClH/c1-3-4-5-6-10(12)11-9(2)7-8-13-11;/h7-8,10H,3-6,12H2,1-2H3;1H/t10-;/m1./s1. The summed E-state index contributed by atoms with van der Waals surface area (Å²) in [5.74, 6) is 0. The number of halogens is 1. The quantitative estimate of drug-likeness (QED) is 0.763. The number of aryl methyl sites for hydroxylation is 1. The molecule has 0 fully saturated rings. The van der Waals surface area contributed by atoms with Crippen molar-refractivity contribution in [3.05, 3.63) is 21.9 Å². The van der Waals surface area contributed by atoms with Crippen molar-refractivity contribution in [2.75, 3.05) is 0 Å². The average Bonchev–Trinajstić information content (AvgIpc) is 2.52. The maximum atomic E-state index is 6.09. The average molecular weight is 234 g/mol. The lowest BCUT2D eigenvalue weighted by atomic mass is 10.1. The normalized spacial score (nSPS) is 12.2. The lowest BCUT2D eigenvalue weighted by molar-refractivity contribution is 0.586. The van der Waals surface area contributed by atoms with Crippen molar-refractivity contribution in [3.8, 4) is 0 Å². The molecule has 0 unspecified atom stereocenters. The van der Waals surface area contributed by atoms with E-state index in [-0.39, 0.29) is 18.4 Å². The largest absolute Gasteiger partial charge is 0.323 e. The molecule has 14 heavy (non-hydrogen) atoms. The molecule has 1 heterocycles. The Morgan fingerprint density at radius 1 is 1.43 bits per heavy atom. The van der Waals surface area contributed by atoms with Gasteiger partial charge in [0, 0.05) is 10.9 Å². The summed E-state index contributed by atoms with van der Waals surface area (Å²) >= 11 is 1.79. The van der Waals surface area contributed by atoms with Crippen LogP contribution in [0.1, 0.15) is 49.1 Å². The van der Waals surface area contributed by atoms with Crippen molar-refractivity contribution < 1.29 is 0 Å². The summed E-state index contributed by atoms with van der Waals surface area (Å²) in [6, 6.07) is 2.42. The Morgan fingerprint density at radius 3 is 2.64 bits per heavy atom. The van der Waals surface area contributed by atoms with Gasteiger partial charge in [-0.2, -0.15) is 0 Å². The van der Waals surface area contributed by atoms with Crippen molar-refractivity contribution in [1.82, 2.24) is 0 Å². The van der Waals surface area contributed by atoms with Crippen LogP contribution >= 0.6 is 23.7 Å². The van der Waals surface area contributed by atoms with Crippen molar-refractivity contribution in [2.24, 2.45) is 5.73 Å². The summed E-state index contributed by atoms with van der Waals surface area (Å²) in [7, 11) is 0. The van der Waals surface area contributed by atoms with Crippen LogP contribution in [0, 0.1) is 6.92 Å². The molecule has 0 saturated carbocycles. The van der Waals surface area contributed by atoms with E-state index in [2.05, 4.69) is 25.3 Å². The number of rotatable bonds is 5. The SMILES string of the molecule is CCCCC[C@@H](N)c1sccc1C.Cl. The van der Waals surface area contributed by atoms with Gasteiger partial charge in [0.05, 0.1) is 0 Å². The summed E-state index contributed by atoms with van der Waals surface area (Å²) < 4.78 is 0. The van der Waals surface area contributed by atoms with Crippen LogP contribution < -0.4 is 5.73 Å². The van der Waals surface area contributed by atoms with Gasteiger partial charge in [-0.25, -0.2) is 0 Å². The van der Waals surface area contributed by atoms with Gasteiger partial charge in [-0.3, -0.25) is 0 Å². The molecular formula is C11H20ClNS. The molecule has 0 bridgehead atoms. The second kappa shape index (κ2) is 7.27. The Labute approximate surface area is 97.1 Å². The maximum Gasteiger partial charge on any atom is 0.0392 e. The smallest absolute Gasteiger partial charge is 0.0392 e. The van der Waals surface area contributed by atoms with Gasteiger partial charge in [0.25, 0.3) is 0 Å². The van der Waals surface area contributed by atoms with E-state index in [1.54, 1.807) is 11.3 Å². The zero-order valence-electron chi connectivity index (χ0n) is 8.95. The molecule has 0 aliphatic rings. The third-order valence-electron chi connectivity index (χ3n) is 2.36. The van der Waals surface area contributed by atoms with Gasteiger partial charge in [0.1, 0.15) is 0 Å². The first-order valence-electron chi connectivity index (χ1n) is 5.05. The highest BCUT2D eigenvalue weighted by atomic mass is 35.5. The van der Waals surface area contributed by atoms with Gasteiger partial charge in [-0.05, 0) is 30.4 Å². The van der Waals surface area contributed by atoms with Crippen LogP contribution in [0.15, 0.2) is 11.4 Å². The minimum atomic E-state index is 0. The molecule has 0 saturated heterocycles. The van der Waals surface area contributed by atoms with Crippen LogP contribution in [0.5, 0.6) is 0 Å². The van der Waals surface area contributed by atoms with E-state index in [4.69, 9.17) is 5.73 Å². The number of thiophene rings is 1. The van der Waals surface area contributed by atoms with Gasteiger partial charge in [0.15, 0.2) is 0 Å². The maximum absolute atomic E-state index is 6.09. The molecule has 1 atom stereocenters. The Balaban J connectivity index is 0.00000169. The van der Waals surface area contributed by atoms with E-state index in [1.807, 2.05) is 0 Å². The Kier molecular flexibility index (Phi) is 7.24. The number of hydrogen-bond donors (Lipinski definition) is 1. The second-order valence-corrected chi connectivity index (χ2v) is 4.52. The lowest BCUT2D eigenvalue weighted by Crippen LogP contribution is -2.09. The molecule has 0 aromatic carbocycles. The molecule has 0 aliphatic heterocycles. The highest BCUT2D eigenvalue weighted by Gasteiger charge is 2.09. The molecule has 1 rings (SSSR count). The van der Waals surface area contributed by atoms with E-state index in [0.717, 1.165) is 6.42 Å². The van der Waals surface area contributed by atoms with E-state index in [9.17, 15) is 0 Å². The van der Waals surface area contributed by atoms with Crippen molar-refractivity contribution in [2.45, 2.75) is 45.6 Å². The molecular weight excluding hydrogens is 214 g/mol. The van der Waals surface area contributed by atoms with Crippen LogP contribution in [-0.4, -0.2) is 0 Å². The van der Waals surface area contributed by atoms with Crippen LogP contribution in [0.25, 0.3) is 0 Å². The first-order valence-corrected chi connectivity index (χ1v) is 5.93. The lowest BCUT2D eigenvalue weighted by Gasteiger charge is -2.10. The number of unbranched alkanes of at least 4 members (excludes halogenated alkanes) is 2. The van der Waals surface area contributed by atoms with Crippen molar-refractivity contribution in [1.29, 1.82) is 0 Å². The minimum Gasteiger partial charge on any atom is -0.323 e.